The molecule has 0 saturated heterocycles. The highest BCUT2D eigenvalue weighted by Gasteiger charge is 2.24. The zero-order valence-electron chi connectivity index (χ0n) is 17.4. The third kappa shape index (κ3) is 7.17. The summed E-state index contributed by atoms with van der Waals surface area (Å²) in [4.78, 5) is 18.3. The first-order valence-electron chi connectivity index (χ1n) is 9.49. The van der Waals surface area contributed by atoms with Crippen LogP contribution in [0.1, 0.15) is 31.2 Å². The Morgan fingerprint density at radius 1 is 1.14 bits per heavy atom. The van der Waals surface area contributed by atoms with Crippen LogP contribution >= 0.6 is 0 Å². The summed E-state index contributed by atoms with van der Waals surface area (Å²) >= 11 is 0. The normalized spacial score (nSPS) is 15.6. The maximum absolute atomic E-state index is 12.1. The topological polar surface area (TPSA) is 88.5 Å². The number of nitrogens with zero attached hydrogens (tertiary/aromatic N) is 3. The predicted molar refractivity (Wildman–Crippen MR) is 112 cm³/mol. The Balaban J connectivity index is 1.80. The van der Waals surface area contributed by atoms with E-state index in [1.807, 2.05) is 30.1 Å². The summed E-state index contributed by atoms with van der Waals surface area (Å²) in [6, 6.07) is 7.19. The molecule has 0 N–H and O–H groups in total. The van der Waals surface area contributed by atoms with E-state index in [0.29, 0.717) is 17.9 Å². The molecule has 2 rings (SSSR count). The van der Waals surface area contributed by atoms with Crippen molar-refractivity contribution in [2.45, 2.75) is 25.7 Å². The molecule has 0 radical (unpaired) electrons. The van der Waals surface area contributed by atoms with Crippen LogP contribution in [0.2, 0.25) is 0 Å². The van der Waals surface area contributed by atoms with Crippen LogP contribution in [-0.2, 0) is 19.6 Å². The van der Waals surface area contributed by atoms with Gasteiger partial charge in [-0.15, -0.1) is 0 Å². The van der Waals surface area contributed by atoms with E-state index in [1.54, 1.807) is 26.4 Å². The van der Waals surface area contributed by atoms with Gasteiger partial charge in [0.2, 0.25) is 15.9 Å². The van der Waals surface area contributed by atoms with Crippen LogP contribution in [0.15, 0.2) is 41.2 Å². The van der Waals surface area contributed by atoms with Gasteiger partial charge in [0, 0.05) is 38.9 Å². The Bertz CT molecular complexity index is 880. The van der Waals surface area contributed by atoms with Crippen molar-refractivity contribution >= 4 is 21.9 Å². The molecule has 1 aliphatic heterocycles. The molecule has 1 aromatic carbocycles. The van der Waals surface area contributed by atoms with Crippen LogP contribution in [0.3, 0.4) is 0 Å². The van der Waals surface area contributed by atoms with Gasteiger partial charge < -0.3 is 14.4 Å². The van der Waals surface area contributed by atoms with E-state index in [4.69, 9.17) is 9.47 Å². The monoisotopic (exact) mass is 423 g/mol. The molecule has 160 valence electrons. The van der Waals surface area contributed by atoms with Crippen molar-refractivity contribution < 1.29 is 22.7 Å². The summed E-state index contributed by atoms with van der Waals surface area (Å²) in [6.45, 7) is 1.30. The first-order chi connectivity index (χ1) is 13.7. The van der Waals surface area contributed by atoms with Crippen molar-refractivity contribution in [3.63, 3.8) is 0 Å². The first-order valence-corrected chi connectivity index (χ1v) is 11.3. The van der Waals surface area contributed by atoms with Crippen molar-refractivity contribution in [2.24, 2.45) is 4.99 Å². The van der Waals surface area contributed by atoms with Crippen LogP contribution in [0, 0.1) is 0 Å². The molecular formula is C20H29N3O5S. The number of ether oxygens (including phenoxy) is 2. The van der Waals surface area contributed by atoms with Gasteiger partial charge in [0.1, 0.15) is 5.75 Å². The predicted octanol–water partition coefficient (Wildman–Crippen LogP) is 2.22. The fourth-order valence-corrected chi connectivity index (χ4v) is 3.23. The molecule has 1 heterocycles. The zero-order chi connectivity index (χ0) is 21.4. The van der Waals surface area contributed by atoms with Gasteiger partial charge in [-0.25, -0.2) is 22.5 Å². The number of esters is 1. The highest BCUT2D eigenvalue weighted by atomic mass is 32.2. The van der Waals surface area contributed by atoms with E-state index < -0.39 is 16.0 Å². The molecule has 0 spiro atoms. The summed E-state index contributed by atoms with van der Waals surface area (Å²) in [6.07, 6.45) is 6.59. The molecule has 0 amide bonds. The second kappa shape index (κ2) is 10.4. The first kappa shape index (κ1) is 22.9. The quantitative estimate of drug-likeness (QED) is 0.308. The number of carbonyl (C=O) groups is 1. The highest BCUT2D eigenvalue weighted by molar-refractivity contribution is 7.88. The van der Waals surface area contributed by atoms with Crippen LogP contribution in [-0.4, -0.2) is 70.0 Å². The van der Waals surface area contributed by atoms with E-state index >= 15 is 0 Å². The molecule has 9 heteroatoms. The third-order valence-electron chi connectivity index (χ3n) is 4.58. The van der Waals surface area contributed by atoms with Crippen molar-refractivity contribution in [3.05, 3.63) is 41.7 Å². The second-order valence-corrected chi connectivity index (χ2v) is 9.12. The summed E-state index contributed by atoms with van der Waals surface area (Å²) in [5, 5.41) is 0. The molecule has 0 aromatic heterocycles. The number of carbonyl (C=O) groups excluding carboxylic acids is 1. The van der Waals surface area contributed by atoms with E-state index in [-0.39, 0.29) is 11.6 Å². The SMILES string of the molecule is COc1cccc(C2=NC(=CN(C)CCCCCCN(C)S(C)(=O)=O)C(=O)O2)c1. The van der Waals surface area contributed by atoms with Crippen LogP contribution in [0.4, 0.5) is 0 Å². The number of benzene rings is 1. The minimum absolute atomic E-state index is 0.264. The average molecular weight is 424 g/mol. The molecule has 8 nitrogen and oxygen atoms in total. The minimum atomic E-state index is -3.10. The summed E-state index contributed by atoms with van der Waals surface area (Å²) in [7, 11) is 1.95. The Morgan fingerprint density at radius 3 is 2.48 bits per heavy atom. The molecule has 0 unspecified atom stereocenters. The molecule has 0 saturated carbocycles. The lowest BCUT2D eigenvalue weighted by molar-refractivity contribution is -0.130. The fraction of sp³-hybridized carbons (Fsp3) is 0.500. The van der Waals surface area contributed by atoms with Gasteiger partial charge in [0.25, 0.3) is 0 Å². The lowest BCUT2D eigenvalue weighted by atomic mass is 10.2. The number of hydrogen-bond acceptors (Lipinski definition) is 7. The second-order valence-electron chi connectivity index (χ2n) is 7.03. The Labute approximate surface area is 172 Å². The number of rotatable bonds is 11. The van der Waals surface area contributed by atoms with Gasteiger partial charge in [-0.3, -0.25) is 0 Å². The Kier molecular flexibility index (Phi) is 8.21. The number of methoxy groups -OCH3 is 1. The van der Waals surface area contributed by atoms with Gasteiger partial charge >= 0.3 is 5.97 Å². The lowest BCUT2D eigenvalue weighted by Crippen LogP contribution is -2.26. The molecule has 29 heavy (non-hydrogen) atoms. The fourth-order valence-electron chi connectivity index (χ4n) is 2.77. The minimum Gasteiger partial charge on any atom is -0.497 e. The van der Waals surface area contributed by atoms with Gasteiger partial charge in [0.15, 0.2) is 5.70 Å². The van der Waals surface area contributed by atoms with E-state index in [2.05, 4.69) is 4.99 Å². The van der Waals surface area contributed by atoms with Crippen molar-refractivity contribution in [3.8, 4) is 5.75 Å². The number of aliphatic imine (C=N–C) groups is 1. The van der Waals surface area contributed by atoms with Gasteiger partial charge in [-0.2, -0.15) is 0 Å². The average Bonchev–Trinajstić information content (AvgIpc) is 3.04. The largest absolute Gasteiger partial charge is 0.497 e. The van der Waals surface area contributed by atoms with Crippen molar-refractivity contribution in [2.75, 3.05) is 40.6 Å². The molecular weight excluding hydrogens is 394 g/mol. The van der Waals surface area contributed by atoms with E-state index in [1.165, 1.54) is 10.6 Å². The van der Waals surface area contributed by atoms with Gasteiger partial charge in [0.05, 0.1) is 13.4 Å². The number of hydrogen-bond donors (Lipinski definition) is 0. The lowest BCUT2D eigenvalue weighted by Gasteiger charge is -2.15. The van der Waals surface area contributed by atoms with Crippen molar-refractivity contribution in [1.29, 1.82) is 0 Å². The number of unbranched alkanes of at least 4 members (excludes halogenated alkanes) is 3. The maximum Gasteiger partial charge on any atom is 0.365 e. The molecule has 1 aliphatic rings. The molecule has 0 fully saturated rings. The van der Waals surface area contributed by atoms with Crippen LogP contribution < -0.4 is 4.74 Å². The third-order valence-corrected chi connectivity index (χ3v) is 5.89. The zero-order valence-corrected chi connectivity index (χ0v) is 18.2. The van der Waals surface area contributed by atoms with Crippen LogP contribution in [0.25, 0.3) is 0 Å². The smallest absolute Gasteiger partial charge is 0.365 e. The number of cyclic esters (lactones) is 1. The van der Waals surface area contributed by atoms with Crippen LogP contribution in [0.5, 0.6) is 5.75 Å². The molecule has 1 aromatic rings. The standard InChI is InChI=1S/C20H29N3O5S/c1-22(12-7-5-6-8-13-23(2)29(4,25)26)15-18-20(24)28-19(21-18)16-10-9-11-17(14-16)27-3/h9-11,14-15H,5-8,12-13H2,1-4H3. The summed E-state index contributed by atoms with van der Waals surface area (Å²) < 4.78 is 34.5. The summed E-state index contributed by atoms with van der Waals surface area (Å²) in [5.41, 5.74) is 0.947. The van der Waals surface area contributed by atoms with E-state index in [0.717, 1.165) is 32.2 Å². The van der Waals surface area contributed by atoms with Crippen molar-refractivity contribution in [1.82, 2.24) is 9.21 Å². The van der Waals surface area contributed by atoms with Gasteiger partial charge in [-0.05, 0) is 31.0 Å². The molecule has 0 bridgehead atoms. The number of sulfonamides is 1. The Hall–Kier alpha value is -2.39. The summed E-state index contributed by atoms with van der Waals surface area (Å²) in [5.74, 6) is 0.459. The van der Waals surface area contributed by atoms with Gasteiger partial charge in [-0.1, -0.05) is 18.9 Å². The molecule has 0 aliphatic carbocycles. The Morgan fingerprint density at radius 2 is 1.83 bits per heavy atom. The van der Waals surface area contributed by atoms with E-state index in [9.17, 15) is 13.2 Å². The molecule has 0 atom stereocenters. The highest BCUT2D eigenvalue weighted by Crippen LogP contribution is 2.20. The maximum atomic E-state index is 12.1.